The van der Waals surface area contributed by atoms with Gasteiger partial charge in [0.2, 0.25) is 0 Å². The summed E-state index contributed by atoms with van der Waals surface area (Å²) in [5.41, 5.74) is 0.641. The first-order valence-corrected chi connectivity index (χ1v) is 6.46. The van der Waals surface area contributed by atoms with E-state index in [1.165, 1.54) is 23.6 Å². The highest BCUT2D eigenvalue weighted by molar-refractivity contribution is 7.22. The molecule has 7 heteroatoms. The number of fused-ring (bicyclic) bond motifs is 1. The molecule has 0 saturated heterocycles. The molecule has 0 atom stereocenters. The van der Waals surface area contributed by atoms with Crippen LogP contribution in [-0.4, -0.2) is 21.0 Å². The predicted octanol–water partition coefficient (Wildman–Crippen LogP) is 2.79. The van der Waals surface area contributed by atoms with Gasteiger partial charge in [0.05, 0.1) is 10.2 Å². The number of phenols is 1. The van der Waals surface area contributed by atoms with Gasteiger partial charge in [-0.05, 0) is 24.3 Å². The van der Waals surface area contributed by atoms with E-state index in [2.05, 4.69) is 15.3 Å². The van der Waals surface area contributed by atoms with Crippen LogP contribution < -0.4 is 5.32 Å². The molecule has 0 aliphatic carbocycles. The van der Waals surface area contributed by atoms with Crippen molar-refractivity contribution in [2.45, 2.75) is 0 Å². The molecule has 5 nitrogen and oxygen atoms in total. The van der Waals surface area contributed by atoms with E-state index in [9.17, 15) is 14.3 Å². The highest BCUT2D eigenvalue weighted by atomic mass is 32.1. The number of pyridine rings is 1. The Labute approximate surface area is 116 Å². The molecule has 20 heavy (non-hydrogen) atoms. The molecule has 0 spiro atoms. The first-order chi connectivity index (χ1) is 9.61. The summed E-state index contributed by atoms with van der Waals surface area (Å²) in [6.07, 6.45) is 1.22. The Morgan fingerprint density at radius 3 is 2.95 bits per heavy atom. The summed E-state index contributed by atoms with van der Waals surface area (Å²) in [7, 11) is 0. The van der Waals surface area contributed by atoms with Crippen LogP contribution in [-0.2, 0) is 0 Å². The fourth-order valence-electron chi connectivity index (χ4n) is 1.66. The van der Waals surface area contributed by atoms with E-state index in [1.807, 2.05) is 0 Å². The maximum atomic E-state index is 13.0. The molecule has 2 heterocycles. The average molecular weight is 289 g/mol. The summed E-state index contributed by atoms with van der Waals surface area (Å²) in [6, 6.07) is 6.94. The minimum absolute atomic E-state index is 0.0212. The van der Waals surface area contributed by atoms with Crippen molar-refractivity contribution in [1.82, 2.24) is 9.97 Å². The number of anilines is 1. The lowest BCUT2D eigenvalue weighted by molar-refractivity contribution is 0.102. The molecule has 1 aromatic carbocycles. The van der Waals surface area contributed by atoms with Crippen molar-refractivity contribution < 1.29 is 14.3 Å². The number of aromatic hydroxyl groups is 1. The summed E-state index contributed by atoms with van der Waals surface area (Å²) in [4.78, 5) is 19.9. The zero-order chi connectivity index (χ0) is 14.1. The third-order valence-electron chi connectivity index (χ3n) is 2.55. The van der Waals surface area contributed by atoms with Crippen LogP contribution in [0.2, 0.25) is 0 Å². The number of benzene rings is 1. The van der Waals surface area contributed by atoms with Crippen LogP contribution in [0.5, 0.6) is 5.75 Å². The average Bonchev–Trinajstić information content (AvgIpc) is 2.80. The molecule has 100 valence electrons. The Bertz CT molecular complexity index is 803. The molecule has 0 aliphatic rings. The third-order valence-corrected chi connectivity index (χ3v) is 3.48. The van der Waals surface area contributed by atoms with Gasteiger partial charge in [-0.25, -0.2) is 9.37 Å². The van der Waals surface area contributed by atoms with Gasteiger partial charge in [0.15, 0.2) is 5.13 Å². The molecule has 3 aromatic rings. The Kier molecular flexibility index (Phi) is 3.03. The number of carbonyl (C=O) groups excluding carboxylic acids is 1. The standard InChI is InChI=1S/C13H8FN3O2S/c14-7-3-4-15-10(5-7)12(19)17-13-16-9-2-1-8(18)6-11(9)20-13/h1-6,18H,(H,16,17,19)/i14+0. The largest absolute Gasteiger partial charge is 0.508 e. The van der Waals surface area contributed by atoms with Crippen LogP contribution in [0.4, 0.5) is 9.52 Å². The van der Waals surface area contributed by atoms with Crippen molar-refractivity contribution >= 4 is 32.6 Å². The number of rotatable bonds is 2. The summed E-state index contributed by atoms with van der Waals surface area (Å²) >= 11 is 1.21. The molecular formula is C13H8FN3O2S. The van der Waals surface area contributed by atoms with Crippen LogP contribution in [0, 0.1) is 5.82 Å². The van der Waals surface area contributed by atoms with Gasteiger partial charge in [0, 0.05) is 12.3 Å². The van der Waals surface area contributed by atoms with Crippen molar-refractivity contribution in [2.24, 2.45) is 0 Å². The number of nitrogens with one attached hydrogen (secondary N) is 1. The number of hydrogen-bond donors (Lipinski definition) is 2. The molecule has 0 unspecified atom stereocenters. The van der Waals surface area contributed by atoms with E-state index in [4.69, 9.17) is 0 Å². The molecule has 2 aromatic heterocycles. The minimum atomic E-state index is -0.534. The SMILES string of the molecule is O=C(Nc1nc2ccc(O)cc2s1)c1cc([19F])ccn1. The maximum Gasteiger partial charge on any atom is 0.276 e. The molecule has 0 radical (unpaired) electrons. The Hall–Kier alpha value is -2.54. The number of aromatic nitrogens is 2. The molecule has 1 amide bonds. The Balaban J connectivity index is 1.87. The van der Waals surface area contributed by atoms with Crippen LogP contribution in [0.15, 0.2) is 36.5 Å². The predicted molar refractivity (Wildman–Crippen MR) is 73.4 cm³/mol. The number of halogens is 1. The highest BCUT2D eigenvalue weighted by Crippen LogP contribution is 2.28. The monoisotopic (exact) mass is 289 g/mol. The van der Waals surface area contributed by atoms with Crippen molar-refractivity contribution in [1.29, 1.82) is 0 Å². The normalized spacial score (nSPS) is 10.7. The van der Waals surface area contributed by atoms with Crippen LogP contribution in [0.25, 0.3) is 10.2 Å². The van der Waals surface area contributed by atoms with Crippen molar-refractivity contribution in [3.05, 3.63) is 48.0 Å². The molecule has 2 N–H and O–H groups in total. The summed E-state index contributed by atoms with van der Waals surface area (Å²) in [5, 5.41) is 12.3. The van der Waals surface area contributed by atoms with Gasteiger partial charge in [-0.1, -0.05) is 11.3 Å². The zero-order valence-electron chi connectivity index (χ0n) is 10.0. The highest BCUT2D eigenvalue weighted by Gasteiger charge is 2.12. The lowest BCUT2D eigenvalue weighted by Gasteiger charge is -2.00. The first-order valence-electron chi connectivity index (χ1n) is 5.64. The second kappa shape index (κ2) is 4.86. The molecule has 3 rings (SSSR count). The molecular weight excluding hydrogens is 281 g/mol. The van der Waals surface area contributed by atoms with E-state index in [1.54, 1.807) is 12.1 Å². The molecule has 0 saturated carbocycles. The fourth-order valence-corrected chi connectivity index (χ4v) is 2.55. The second-order valence-electron chi connectivity index (χ2n) is 3.98. The summed E-state index contributed by atoms with van der Waals surface area (Å²) < 4.78 is 13.8. The summed E-state index contributed by atoms with van der Waals surface area (Å²) in [5.74, 6) is -0.932. The molecule has 0 fully saturated rings. The van der Waals surface area contributed by atoms with E-state index >= 15 is 0 Å². The fraction of sp³-hybridized carbons (Fsp3) is 0. The van der Waals surface area contributed by atoms with Gasteiger partial charge in [-0.15, -0.1) is 0 Å². The van der Waals surface area contributed by atoms with Gasteiger partial charge >= 0.3 is 0 Å². The third kappa shape index (κ3) is 2.43. The van der Waals surface area contributed by atoms with E-state index in [-0.39, 0.29) is 11.4 Å². The number of nitrogens with zero attached hydrogens (tertiary/aromatic N) is 2. The van der Waals surface area contributed by atoms with E-state index in [0.29, 0.717) is 10.6 Å². The van der Waals surface area contributed by atoms with Crippen molar-refractivity contribution in [3.63, 3.8) is 0 Å². The summed E-state index contributed by atoms with van der Waals surface area (Å²) in [6.45, 7) is 0. The van der Waals surface area contributed by atoms with Gasteiger partial charge in [0.25, 0.3) is 5.91 Å². The molecule has 0 aliphatic heterocycles. The second-order valence-corrected chi connectivity index (χ2v) is 5.02. The van der Waals surface area contributed by atoms with E-state index < -0.39 is 11.7 Å². The maximum absolute atomic E-state index is 13.0. The lowest BCUT2D eigenvalue weighted by atomic mass is 10.3. The first kappa shape index (κ1) is 12.5. The van der Waals surface area contributed by atoms with E-state index in [0.717, 1.165) is 16.8 Å². The Morgan fingerprint density at radius 2 is 2.15 bits per heavy atom. The lowest BCUT2D eigenvalue weighted by Crippen LogP contribution is -2.13. The number of amides is 1. The Morgan fingerprint density at radius 1 is 1.30 bits per heavy atom. The van der Waals surface area contributed by atoms with Crippen molar-refractivity contribution in [2.75, 3.05) is 5.32 Å². The van der Waals surface area contributed by atoms with Gasteiger partial charge in [0.1, 0.15) is 17.3 Å². The number of hydrogen-bond acceptors (Lipinski definition) is 5. The van der Waals surface area contributed by atoms with Crippen LogP contribution in [0.3, 0.4) is 0 Å². The van der Waals surface area contributed by atoms with Gasteiger partial charge < -0.3 is 5.11 Å². The smallest absolute Gasteiger partial charge is 0.276 e. The zero-order valence-corrected chi connectivity index (χ0v) is 10.8. The number of phenolic OH excluding ortho intramolecular Hbond substituents is 1. The topological polar surface area (TPSA) is 75.1 Å². The van der Waals surface area contributed by atoms with Crippen molar-refractivity contribution in [3.8, 4) is 5.75 Å². The minimum Gasteiger partial charge on any atom is -0.508 e. The quantitative estimate of drug-likeness (QED) is 0.760. The van der Waals surface area contributed by atoms with Gasteiger partial charge in [-0.3, -0.25) is 15.1 Å². The van der Waals surface area contributed by atoms with Gasteiger partial charge in [-0.2, -0.15) is 0 Å². The van der Waals surface area contributed by atoms with Crippen LogP contribution >= 0.6 is 11.3 Å². The number of thiazole rings is 1. The molecule has 0 bridgehead atoms. The number of carbonyl (C=O) groups is 1. The van der Waals surface area contributed by atoms with Crippen LogP contribution in [0.1, 0.15) is 10.5 Å².